The van der Waals surface area contributed by atoms with Gasteiger partial charge >= 0.3 is 0 Å². The summed E-state index contributed by atoms with van der Waals surface area (Å²) in [7, 11) is -3.67. The van der Waals surface area contributed by atoms with Crippen LogP contribution in [0.2, 0.25) is 0 Å². The second-order valence-corrected chi connectivity index (χ2v) is 11.6. The van der Waals surface area contributed by atoms with Crippen molar-refractivity contribution in [2.75, 3.05) is 39.3 Å². The predicted octanol–water partition coefficient (Wildman–Crippen LogP) is 2.58. The summed E-state index contributed by atoms with van der Waals surface area (Å²) in [4.78, 5) is 18.1. The summed E-state index contributed by atoms with van der Waals surface area (Å²) in [5, 5.41) is 0. The third-order valence-corrected chi connectivity index (χ3v) is 8.95. The van der Waals surface area contributed by atoms with Gasteiger partial charge in [0.2, 0.25) is 15.9 Å². The van der Waals surface area contributed by atoms with Gasteiger partial charge in [0.05, 0.1) is 17.1 Å². The Labute approximate surface area is 192 Å². The summed E-state index contributed by atoms with van der Waals surface area (Å²) in [6.45, 7) is 9.10. The first-order valence-electron chi connectivity index (χ1n) is 12.1. The molecule has 0 spiro atoms. The van der Waals surface area contributed by atoms with Crippen molar-refractivity contribution >= 4 is 15.9 Å². The highest BCUT2D eigenvalue weighted by Gasteiger charge is 2.40. The lowest BCUT2D eigenvalue weighted by molar-refractivity contribution is -0.137. The van der Waals surface area contributed by atoms with Crippen LogP contribution in [0.15, 0.2) is 35.2 Å². The van der Waals surface area contributed by atoms with Crippen molar-refractivity contribution in [1.29, 1.82) is 0 Å². The van der Waals surface area contributed by atoms with Crippen molar-refractivity contribution in [3.63, 3.8) is 0 Å². The maximum atomic E-state index is 13.4. The number of likely N-dealkylation sites (tertiary alicyclic amines) is 1. The highest BCUT2D eigenvalue weighted by atomic mass is 32.2. The standard InChI is InChI=1S/C24H37N3O4S/c1-19-16-25(17-20(2)31-19)18-21-11-14-26(15-12-21)24(28)23-10-6-7-13-27(23)32(29,30)22-8-4-3-5-9-22/h3-5,8-9,19-21,23H,6-7,10-18H2,1-2H3. The summed E-state index contributed by atoms with van der Waals surface area (Å²) in [5.41, 5.74) is 0. The summed E-state index contributed by atoms with van der Waals surface area (Å²) in [6.07, 6.45) is 4.78. The molecule has 3 saturated heterocycles. The fourth-order valence-corrected chi connectivity index (χ4v) is 7.18. The lowest BCUT2D eigenvalue weighted by atomic mass is 9.94. The van der Waals surface area contributed by atoms with Gasteiger partial charge in [0.1, 0.15) is 6.04 Å². The Morgan fingerprint density at radius 3 is 2.28 bits per heavy atom. The number of nitrogens with zero attached hydrogens (tertiary/aromatic N) is 3. The number of hydrogen-bond acceptors (Lipinski definition) is 5. The average molecular weight is 464 g/mol. The van der Waals surface area contributed by atoms with Crippen LogP contribution in [-0.2, 0) is 19.6 Å². The summed E-state index contributed by atoms with van der Waals surface area (Å²) in [6, 6.07) is 7.92. The van der Waals surface area contributed by atoms with Crippen LogP contribution in [0.5, 0.6) is 0 Å². The van der Waals surface area contributed by atoms with Gasteiger partial charge in [-0.25, -0.2) is 8.42 Å². The molecule has 1 amide bonds. The van der Waals surface area contributed by atoms with Gasteiger partial charge in [-0.15, -0.1) is 0 Å². The quantitative estimate of drug-likeness (QED) is 0.671. The molecule has 8 heteroatoms. The fraction of sp³-hybridized carbons (Fsp3) is 0.708. The number of benzene rings is 1. The van der Waals surface area contributed by atoms with Gasteiger partial charge in [-0.05, 0) is 57.6 Å². The Morgan fingerprint density at radius 2 is 1.62 bits per heavy atom. The van der Waals surface area contributed by atoms with E-state index in [4.69, 9.17) is 4.74 Å². The minimum absolute atomic E-state index is 0.0173. The molecule has 0 saturated carbocycles. The molecule has 3 aliphatic heterocycles. The molecule has 3 heterocycles. The van der Waals surface area contributed by atoms with E-state index in [0.717, 1.165) is 45.3 Å². The van der Waals surface area contributed by atoms with E-state index in [0.29, 0.717) is 32.0 Å². The normalized spacial score (nSPS) is 29.2. The van der Waals surface area contributed by atoms with Crippen molar-refractivity contribution < 1.29 is 17.9 Å². The zero-order valence-electron chi connectivity index (χ0n) is 19.4. The van der Waals surface area contributed by atoms with E-state index in [9.17, 15) is 13.2 Å². The molecule has 4 rings (SSSR count). The molecule has 0 aliphatic carbocycles. The van der Waals surface area contributed by atoms with Crippen LogP contribution in [0.1, 0.15) is 46.0 Å². The van der Waals surface area contributed by atoms with E-state index in [1.165, 1.54) is 4.31 Å². The van der Waals surface area contributed by atoms with Gasteiger partial charge in [-0.2, -0.15) is 4.31 Å². The van der Waals surface area contributed by atoms with E-state index in [1.54, 1.807) is 30.3 Å². The minimum atomic E-state index is -3.67. The Hall–Kier alpha value is -1.48. The first kappa shape index (κ1) is 23.7. The van der Waals surface area contributed by atoms with Gasteiger partial charge in [-0.3, -0.25) is 9.69 Å². The number of hydrogen-bond donors (Lipinski definition) is 0. The molecule has 3 fully saturated rings. The maximum absolute atomic E-state index is 13.4. The Kier molecular flexibility index (Phi) is 7.54. The lowest BCUT2D eigenvalue weighted by Gasteiger charge is -2.41. The number of ether oxygens (including phenoxy) is 1. The zero-order chi connectivity index (χ0) is 22.7. The first-order chi connectivity index (χ1) is 15.3. The number of rotatable bonds is 5. The van der Waals surface area contributed by atoms with Crippen LogP contribution >= 0.6 is 0 Å². The Bertz CT molecular complexity index is 860. The number of carbonyl (C=O) groups excluding carboxylic acids is 1. The smallest absolute Gasteiger partial charge is 0.243 e. The second-order valence-electron chi connectivity index (χ2n) is 9.68. The van der Waals surface area contributed by atoms with E-state index in [1.807, 2.05) is 4.90 Å². The monoisotopic (exact) mass is 463 g/mol. The van der Waals surface area contributed by atoms with Crippen molar-refractivity contribution in [2.45, 2.75) is 69.1 Å². The summed E-state index contributed by atoms with van der Waals surface area (Å²) in [5.74, 6) is 0.559. The van der Waals surface area contributed by atoms with Crippen LogP contribution < -0.4 is 0 Å². The third kappa shape index (κ3) is 5.35. The molecule has 0 radical (unpaired) electrons. The molecule has 32 heavy (non-hydrogen) atoms. The molecule has 3 atom stereocenters. The van der Waals surface area contributed by atoms with Crippen molar-refractivity contribution in [3.05, 3.63) is 30.3 Å². The number of sulfonamides is 1. The summed E-state index contributed by atoms with van der Waals surface area (Å²) >= 11 is 0. The van der Waals surface area contributed by atoms with Crippen molar-refractivity contribution in [3.8, 4) is 0 Å². The molecule has 0 aromatic heterocycles. The Balaban J connectivity index is 1.36. The summed E-state index contributed by atoms with van der Waals surface area (Å²) < 4.78 is 33.8. The first-order valence-corrected chi connectivity index (χ1v) is 13.5. The largest absolute Gasteiger partial charge is 0.373 e. The zero-order valence-corrected chi connectivity index (χ0v) is 20.2. The van der Waals surface area contributed by atoms with Crippen LogP contribution in [0.3, 0.4) is 0 Å². The Morgan fingerprint density at radius 1 is 0.969 bits per heavy atom. The van der Waals surface area contributed by atoms with E-state index in [2.05, 4.69) is 18.7 Å². The van der Waals surface area contributed by atoms with E-state index in [-0.39, 0.29) is 23.0 Å². The highest BCUT2D eigenvalue weighted by molar-refractivity contribution is 7.89. The molecule has 178 valence electrons. The molecule has 3 aliphatic rings. The van der Waals surface area contributed by atoms with Gasteiger partial charge in [-0.1, -0.05) is 24.6 Å². The maximum Gasteiger partial charge on any atom is 0.243 e. The van der Waals surface area contributed by atoms with Gasteiger partial charge < -0.3 is 9.64 Å². The molecule has 0 N–H and O–H groups in total. The topological polar surface area (TPSA) is 70.2 Å². The van der Waals surface area contributed by atoms with Gasteiger partial charge in [0, 0.05) is 39.3 Å². The second kappa shape index (κ2) is 10.2. The molecule has 7 nitrogen and oxygen atoms in total. The lowest BCUT2D eigenvalue weighted by Crippen LogP contribution is -2.55. The minimum Gasteiger partial charge on any atom is -0.373 e. The third-order valence-electron chi connectivity index (χ3n) is 7.03. The van der Waals surface area contributed by atoms with Crippen LogP contribution in [0, 0.1) is 5.92 Å². The number of carbonyl (C=O) groups is 1. The number of amides is 1. The molecule has 3 unspecified atom stereocenters. The van der Waals surface area contributed by atoms with E-state index >= 15 is 0 Å². The van der Waals surface area contributed by atoms with Gasteiger partial charge in [0.25, 0.3) is 0 Å². The van der Waals surface area contributed by atoms with Crippen LogP contribution in [0.25, 0.3) is 0 Å². The fourth-order valence-electron chi connectivity index (χ4n) is 5.51. The van der Waals surface area contributed by atoms with Crippen LogP contribution in [-0.4, -0.2) is 85.9 Å². The number of piperidine rings is 2. The van der Waals surface area contributed by atoms with Gasteiger partial charge in [0.15, 0.2) is 0 Å². The molecular formula is C24H37N3O4S. The molecule has 0 bridgehead atoms. The SMILES string of the molecule is CC1CN(CC2CCN(C(=O)C3CCCCN3S(=O)(=O)c3ccccc3)CC2)CC(C)O1. The molecule has 1 aromatic carbocycles. The van der Waals surface area contributed by atoms with Crippen molar-refractivity contribution in [2.24, 2.45) is 5.92 Å². The predicted molar refractivity (Wildman–Crippen MR) is 124 cm³/mol. The average Bonchev–Trinajstić information content (AvgIpc) is 2.79. The van der Waals surface area contributed by atoms with E-state index < -0.39 is 16.1 Å². The molecular weight excluding hydrogens is 426 g/mol. The highest BCUT2D eigenvalue weighted by Crippen LogP contribution is 2.28. The van der Waals surface area contributed by atoms with Crippen molar-refractivity contribution in [1.82, 2.24) is 14.1 Å². The molecule has 1 aromatic rings. The number of morpholine rings is 1. The van der Waals surface area contributed by atoms with Crippen LogP contribution in [0.4, 0.5) is 0 Å².